The molecule has 2 rings (SSSR count). The molecule has 1 amide bonds. The van der Waals surface area contributed by atoms with Gasteiger partial charge in [0.2, 0.25) is 5.95 Å². The molecule has 0 radical (unpaired) electrons. The quantitative estimate of drug-likeness (QED) is 0.555. The van der Waals surface area contributed by atoms with E-state index in [1.54, 1.807) is 39.4 Å². The Labute approximate surface area is 165 Å². The third-order valence-electron chi connectivity index (χ3n) is 3.72. The van der Waals surface area contributed by atoms with E-state index in [9.17, 15) is 4.79 Å². The Bertz CT molecular complexity index is 831. The lowest BCUT2D eigenvalue weighted by atomic mass is 10.2. The Balaban J connectivity index is 2.13. The number of carbonyl (C=O) groups is 1. The number of rotatable bonds is 8. The predicted octanol–water partition coefficient (Wildman–Crippen LogP) is 2.79. The van der Waals surface area contributed by atoms with Gasteiger partial charge in [-0.3, -0.25) is 4.79 Å². The predicted molar refractivity (Wildman–Crippen MR) is 109 cm³/mol. The van der Waals surface area contributed by atoms with E-state index in [1.807, 2.05) is 32.9 Å². The second-order valence-electron chi connectivity index (χ2n) is 6.48. The van der Waals surface area contributed by atoms with Crippen LogP contribution >= 0.6 is 0 Å². The molecule has 0 fully saturated rings. The average Bonchev–Trinajstić information content (AvgIpc) is 2.62. The molecule has 28 heavy (non-hydrogen) atoms. The number of likely N-dealkylation sites (N-methyl/N-ethyl adjacent to an activating group) is 1. The van der Waals surface area contributed by atoms with Crippen molar-refractivity contribution in [2.45, 2.75) is 33.8 Å². The lowest BCUT2D eigenvalue weighted by Gasteiger charge is -2.20. The van der Waals surface area contributed by atoms with Gasteiger partial charge in [0.05, 0.1) is 12.8 Å². The molecule has 150 valence electrons. The molecule has 0 aliphatic carbocycles. The van der Waals surface area contributed by atoms with Crippen molar-refractivity contribution in [2.75, 3.05) is 26.1 Å². The summed E-state index contributed by atoms with van der Waals surface area (Å²) in [6.45, 7) is 7.87. The third kappa shape index (κ3) is 5.94. The summed E-state index contributed by atoms with van der Waals surface area (Å²) in [5, 5.41) is 4.18. The second-order valence-corrected chi connectivity index (χ2v) is 6.48. The summed E-state index contributed by atoms with van der Waals surface area (Å²) in [4.78, 5) is 22.1. The van der Waals surface area contributed by atoms with E-state index in [-0.39, 0.29) is 5.91 Å². The van der Waals surface area contributed by atoms with Gasteiger partial charge in [0.25, 0.3) is 5.91 Å². The molecule has 1 heterocycles. The number of benzene rings is 1. The van der Waals surface area contributed by atoms with Crippen LogP contribution in [0.2, 0.25) is 0 Å². The van der Waals surface area contributed by atoms with Crippen molar-refractivity contribution in [2.24, 2.45) is 5.10 Å². The van der Waals surface area contributed by atoms with Gasteiger partial charge in [-0.2, -0.15) is 5.10 Å². The molecular formula is C20H27N5O3. The number of ether oxygens (including phenoxy) is 2. The summed E-state index contributed by atoms with van der Waals surface area (Å²) in [7, 11) is 3.38. The van der Waals surface area contributed by atoms with Gasteiger partial charge >= 0.3 is 0 Å². The van der Waals surface area contributed by atoms with Crippen LogP contribution in [-0.4, -0.2) is 53.8 Å². The van der Waals surface area contributed by atoms with Crippen LogP contribution in [0.3, 0.4) is 0 Å². The highest BCUT2D eigenvalue weighted by molar-refractivity contribution is 5.82. The van der Waals surface area contributed by atoms with Gasteiger partial charge in [-0.1, -0.05) is 0 Å². The molecule has 0 saturated carbocycles. The van der Waals surface area contributed by atoms with Crippen LogP contribution in [0.5, 0.6) is 11.5 Å². The maximum atomic E-state index is 12.0. The van der Waals surface area contributed by atoms with Gasteiger partial charge < -0.3 is 14.4 Å². The molecule has 0 aliphatic rings. The van der Waals surface area contributed by atoms with Crippen LogP contribution in [0.25, 0.3) is 0 Å². The van der Waals surface area contributed by atoms with Gasteiger partial charge in [0.1, 0.15) is 0 Å². The molecule has 1 N–H and O–H groups in total. The van der Waals surface area contributed by atoms with Crippen LogP contribution in [0.15, 0.2) is 29.4 Å². The summed E-state index contributed by atoms with van der Waals surface area (Å²) < 4.78 is 11.4. The zero-order chi connectivity index (χ0) is 20.7. The molecule has 1 aromatic heterocycles. The van der Waals surface area contributed by atoms with E-state index in [2.05, 4.69) is 20.5 Å². The first-order valence-corrected chi connectivity index (χ1v) is 9.06. The molecule has 0 bridgehead atoms. The molecule has 8 nitrogen and oxygen atoms in total. The minimum absolute atomic E-state index is 0.120. The molecule has 8 heteroatoms. The third-order valence-corrected chi connectivity index (χ3v) is 3.72. The van der Waals surface area contributed by atoms with Crippen molar-refractivity contribution in [3.05, 3.63) is 41.2 Å². The van der Waals surface area contributed by atoms with Gasteiger partial charge in [0.15, 0.2) is 17.6 Å². The topological polar surface area (TPSA) is 88.9 Å². The van der Waals surface area contributed by atoms with E-state index < -0.39 is 6.10 Å². The summed E-state index contributed by atoms with van der Waals surface area (Å²) in [6.07, 6.45) is 1.03. The second kappa shape index (κ2) is 9.68. The first kappa shape index (κ1) is 21.1. The number of aryl methyl sites for hydroxylation is 2. The molecule has 1 aromatic carbocycles. The fourth-order valence-electron chi connectivity index (χ4n) is 2.52. The molecular weight excluding hydrogens is 358 g/mol. The number of hydrazone groups is 1. The maximum absolute atomic E-state index is 12.0. The van der Waals surface area contributed by atoms with Gasteiger partial charge in [-0.25, -0.2) is 15.4 Å². The first-order chi connectivity index (χ1) is 13.3. The number of nitrogens with zero attached hydrogens (tertiary/aromatic N) is 4. The van der Waals surface area contributed by atoms with Crippen LogP contribution < -0.4 is 14.9 Å². The van der Waals surface area contributed by atoms with Crippen LogP contribution in [-0.2, 0) is 4.79 Å². The van der Waals surface area contributed by atoms with Crippen molar-refractivity contribution in [1.29, 1.82) is 0 Å². The van der Waals surface area contributed by atoms with Gasteiger partial charge in [0, 0.05) is 25.5 Å². The molecule has 0 unspecified atom stereocenters. The largest absolute Gasteiger partial charge is 0.490 e. The SMILES string of the molecule is CCOc1cc(/C=N\Nc2nc(C)cc(C)n2)ccc1O[C@H](C)C(=O)N(C)C. The lowest BCUT2D eigenvalue weighted by Crippen LogP contribution is -2.35. The fourth-order valence-corrected chi connectivity index (χ4v) is 2.52. The Morgan fingerprint density at radius 3 is 2.50 bits per heavy atom. The van der Waals surface area contributed by atoms with E-state index >= 15 is 0 Å². The average molecular weight is 385 g/mol. The molecule has 2 aromatic rings. The molecule has 0 aliphatic heterocycles. The van der Waals surface area contributed by atoms with Crippen LogP contribution in [0.1, 0.15) is 30.8 Å². The number of anilines is 1. The molecule has 1 atom stereocenters. The van der Waals surface area contributed by atoms with E-state index in [0.717, 1.165) is 17.0 Å². The number of hydrogen-bond donors (Lipinski definition) is 1. The highest BCUT2D eigenvalue weighted by Gasteiger charge is 2.18. The van der Waals surface area contributed by atoms with Crippen molar-refractivity contribution < 1.29 is 14.3 Å². The standard InChI is InChI=1S/C20H27N5O3/c1-7-27-18-11-16(8-9-17(18)28-15(4)19(26)25(5)6)12-21-24-20-22-13(2)10-14(3)23-20/h8-12,15H,7H2,1-6H3,(H,22,23,24)/b21-12-/t15-/m1/s1. The summed E-state index contributed by atoms with van der Waals surface area (Å²) in [5.41, 5.74) is 5.37. The van der Waals surface area contributed by atoms with Crippen molar-refractivity contribution in [1.82, 2.24) is 14.9 Å². The van der Waals surface area contributed by atoms with Crippen molar-refractivity contribution >= 4 is 18.1 Å². The first-order valence-electron chi connectivity index (χ1n) is 9.06. The maximum Gasteiger partial charge on any atom is 0.262 e. The van der Waals surface area contributed by atoms with Crippen LogP contribution in [0.4, 0.5) is 5.95 Å². The lowest BCUT2D eigenvalue weighted by molar-refractivity contribution is -0.135. The number of hydrogen-bond acceptors (Lipinski definition) is 7. The van der Waals surface area contributed by atoms with E-state index in [4.69, 9.17) is 9.47 Å². The van der Waals surface area contributed by atoms with E-state index in [1.165, 1.54) is 4.90 Å². The molecule has 0 saturated heterocycles. The fraction of sp³-hybridized carbons (Fsp3) is 0.400. The Hall–Kier alpha value is -3.16. The highest BCUT2D eigenvalue weighted by atomic mass is 16.5. The Morgan fingerprint density at radius 2 is 1.89 bits per heavy atom. The summed E-state index contributed by atoms with van der Waals surface area (Å²) in [5.74, 6) is 1.38. The minimum Gasteiger partial charge on any atom is -0.490 e. The normalized spacial score (nSPS) is 11.9. The number of carbonyl (C=O) groups excluding carboxylic acids is 1. The Kier molecular flexibility index (Phi) is 7.31. The van der Waals surface area contributed by atoms with Crippen molar-refractivity contribution in [3.63, 3.8) is 0 Å². The highest BCUT2D eigenvalue weighted by Crippen LogP contribution is 2.29. The zero-order valence-corrected chi connectivity index (χ0v) is 17.2. The zero-order valence-electron chi connectivity index (χ0n) is 17.2. The molecule has 0 spiro atoms. The number of nitrogens with one attached hydrogen (secondary N) is 1. The smallest absolute Gasteiger partial charge is 0.262 e. The number of aromatic nitrogens is 2. The summed E-state index contributed by atoms with van der Waals surface area (Å²) in [6, 6.07) is 7.29. The minimum atomic E-state index is -0.614. The van der Waals surface area contributed by atoms with Gasteiger partial charge in [-0.15, -0.1) is 0 Å². The van der Waals surface area contributed by atoms with E-state index in [0.29, 0.717) is 24.1 Å². The number of amides is 1. The Morgan fingerprint density at radius 1 is 1.21 bits per heavy atom. The van der Waals surface area contributed by atoms with Crippen LogP contribution in [0, 0.1) is 13.8 Å². The van der Waals surface area contributed by atoms with Gasteiger partial charge in [-0.05, 0) is 57.5 Å². The summed E-state index contributed by atoms with van der Waals surface area (Å²) >= 11 is 0. The monoisotopic (exact) mass is 385 g/mol. The van der Waals surface area contributed by atoms with Crippen molar-refractivity contribution in [3.8, 4) is 11.5 Å².